The van der Waals surface area contributed by atoms with E-state index >= 15 is 0 Å². The third-order valence-corrected chi connectivity index (χ3v) is 4.95. The molecule has 0 aromatic carbocycles. The fraction of sp³-hybridized carbons (Fsp3) is 0.667. The molecule has 0 saturated carbocycles. The molecule has 0 bridgehead atoms. The van der Waals surface area contributed by atoms with Crippen molar-refractivity contribution in [1.82, 2.24) is 0 Å². The molecule has 0 atom stereocenters. The van der Waals surface area contributed by atoms with E-state index in [-0.39, 0.29) is 0 Å². The number of aryl methyl sites for hydroxylation is 1. The van der Waals surface area contributed by atoms with Crippen molar-refractivity contribution >= 4 is 24.0 Å². The van der Waals surface area contributed by atoms with Crippen molar-refractivity contribution in [3.8, 4) is 0 Å². The van der Waals surface area contributed by atoms with Gasteiger partial charge in [-0.05, 0) is 35.8 Å². The molecule has 1 aliphatic rings. The number of thiophene rings is 1. The van der Waals surface area contributed by atoms with Gasteiger partial charge in [-0.2, -0.15) is 12.6 Å². The van der Waals surface area contributed by atoms with Crippen LogP contribution in [0.4, 0.5) is 0 Å². The van der Waals surface area contributed by atoms with Crippen LogP contribution in [0.3, 0.4) is 0 Å². The molecule has 1 aromatic rings. The summed E-state index contributed by atoms with van der Waals surface area (Å²) in [5.74, 6) is 0.915. The summed E-state index contributed by atoms with van der Waals surface area (Å²) in [4.78, 5) is 3.20. The largest absolute Gasteiger partial charge is 0.174 e. The van der Waals surface area contributed by atoms with Crippen LogP contribution in [0, 0.1) is 0 Å². The first kappa shape index (κ1) is 10.6. The Kier molecular flexibility index (Phi) is 2.69. The molecule has 0 radical (unpaired) electrons. The maximum atomic E-state index is 4.48. The zero-order chi connectivity index (χ0) is 10.3. The Labute approximate surface area is 96.1 Å². The predicted octanol–water partition coefficient (Wildman–Crippen LogP) is 3.96. The SMILES string of the molecule is CC(C)(C)c1sc2c(c1CS)CCC2. The summed E-state index contributed by atoms with van der Waals surface area (Å²) in [7, 11) is 0. The molecule has 1 aliphatic carbocycles. The van der Waals surface area contributed by atoms with Crippen molar-refractivity contribution in [3.05, 3.63) is 20.9 Å². The Hall–Kier alpha value is 0.0500. The summed E-state index contributed by atoms with van der Waals surface area (Å²) in [5, 5.41) is 0. The first-order valence-corrected chi connectivity index (χ1v) is 6.73. The van der Waals surface area contributed by atoms with Gasteiger partial charge in [0.1, 0.15) is 0 Å². The molecule has 1 heterocycles. The lowest BCUT2D eigenvalue weighted by molar-refractivity contribution is 0.599. The van der Waals surface area contributed by atoms with Gasteiger partial charge in [0.05, 0.1) is 0 Å². The number of thiol groups is 1. The summed E-state index contributed by atoms with van der Waals surface area (Å²) in [6.07, 6.45) is 3.95. The van der Waals surface area contributed by atoms with Gasteiger partial charge in [-0.15, -0.1) is 11.3 Å². The third kappa shape index (κ3) is 1.63. The van der Waals surface area contributed by atoms with Gasteiger partial charge in [0, 0.05) is 15.5 Å². The van der Waals surface area contributed by atoms with Crippen LogP contribution in [0.2, 0.25) is 0 Å². The molecule has 0 unspecified atom stereocenters. The second-order valence-electron chi connectivity index (χ2n) is 5.07. The highest BCUT2D eigenvalue weighted by Gasteiger charge is 2.27. The molecular formula is C12H18S2. The van der Waals surface area contributed by atoms with E-state index in [4.69, 9.17) is 0 Å². The highest BCUT2D eigenvalue weighted by atomic mass is 32.1. The fourth-order valence-electron chi connectivity index (χ4n) is 2.24. The lowest BCUT2D eigenvalue weighted by Crippen LogP contribution is -2.11. The minimum atomic E-state index is 0.299. The molecule has 0 saturated heterocycles. The van der Waals surface area contributed by atoms with Gasteiger partial charge < -0.3 is 0 Å². The minimum Gasteiger partial charge on any atom is -0.174 e. The van der Waals surface area contributed by atoms with Crippen LogP contribution in [0.15, 0.2) is 0 Å². The van der Waals surface area contributed by atoms with Crippen LogP contribution >= 0.6 is 24.0 Å². The van der Waals surface area contributed by atoms with Gasteiger partial charge in [0.25, 0.3) is 0 Å². The maximum Gasteiger partial charge on any atom is 0.0168 e. The first-order valence-electron chi connectivity index (χ1n) is 5.29. The summed E-state index contributed by atoms with van der Waals surface area (Å²) in [6, 6.07) is 0. The summed E-state index contributed by atoms with van der Waals surface area (Å²) < 4.78 is 0. The summed E-state index contributed by atoms with van der Waals surface area (Å²) in [5.41, 5.74) is 3.47. The molecule has 78 valence electrons. The van der Waals surface area contributed by atoms with E-state index in [1.807, 2.05) is 11.3 Å². The average molecular weight is 226 g/mol. The van der Waals surface area contributed by atoms with Gasteiger partial charge in [0.15, 0.2) is 0 Å². The van der Waals surface area contributed by atoms with E-state index in [1.54, 1.807) is 20.9 Å². The molecule has 0 amide bonds. The van der Waals surface area contributed by atoms with Crippen LogP contribution in [-0.2, 0) is 24.0 Å². The Morgan fingerprint density at radius 1 is 1.29 bits per heavy atom. The minimum absolute atomic E-state index is 0.299. The smallest absolute Gasteiger partial charge is 0.0168 e. The van der Waals surface area contributed by atoms with E-state index in [1.165, 1.54) is 19.3 Å². The first-order chi connectivity index (χ1) is 6.54. The lowest BCUT2D eigenvalue weighted by Gasteiger charge is -2.19. The molecule has 0 fully saturated rings. The van der Waals surface area contributed by atoms with Crippen molar-refractivity contribution in [2.24, 2.45) is 0 Å². The number of fused-ring (bicyclic) bond motifs is 1. The molecule has 14 heavy (non-hydrogen) atoms. The Bertz CT molecular complexity index is 342. The van der Waals surface area contributed by atoms with Crippen molar-refractivity contribution in [3.63, 3.8) is 0 Å². The Morgan fingerprint density at radius 2 is 2.00 bits per heavy atom. The molecule has 2 rings (SSSR count). The molecular weight excluding hydrogens is 208 g/mol. The van der Waals surface area contributed by atoms with Gasteiger partial charge in [-0.3, -0.25) is 0 Å². The van der Waals surface area contributed by atoms with E-state index < -0.39 is 0 Å². The van der Waals surface area contributed by atoms with Crippen LogP contribution in [0.25, 0.3) is 0 Å². The number of hydrogen-bond acceptors (Lipinski definition) is 2. The van der Waals surface area contributed by atoms with Crippen LogP contribution in [0.1, 0.15) is 48.1 Å². The maximum absolute atomic E-state index is 4.48. The number of rotatable bonds is 1. The molecule has 0 aliphatic heterocycles. The molecule has 2 heteroatoms. The topological polar surface area (TPSA) is 0 Å². The van der Waals surface area contributed by atoms with Gasteiger partial charge in [0.2, 0.25) is 0 Å². The van der Waals surface area contributed by atoms with Crippen LogP contribution in [0.5, 0.6) is 0 Å². The monoisotopic (exact) mass is 226 g/mol. The quantitative estimate of drug-likeness (QED) is 0.688. The molecule has 1 aromatic heterocycles. The molecule has 0 spiro atoms. The Balaban J connectivity index is 2.52. The predicted molar refractivity (Wildman–Crippen MR) is 67.7 cm³/mol. The lowest BCUT2D eigenvalue weighted by atomic mass is 9.90. The van der Waals surface area contributed by atoms with Crippen molar-refractivity contribution in [2.45, 2.75) is 51.2 Å². The van der Waals surface area contributed by atoms with E-state index in [9.17, 15) is 0 Å². The standard InChI is InChI=1S/C12H18S2/c1-12(2,3)11-9(7-13)8-5-4-6-10(8)14-11/h13H,4-7H2,1-3H3. The number of hydrogen-bond donors (Lipinski definition) is 1. The highest BCUT2D eigenvalue weighted by molar-refractivity contribution is 7.79. The van der Waals surface area contributed by atoms with Crippen molar-refractivity contribution in [2.75, 3.05) is 0 Å². The van der Waals surface area contributed by atoms with Crippen molar-refractivity contribution in [1.29, 1.82) is 0 Å². The second kappa shape index (κ2) is 3.57. The van der Waals surface area contributed by atoms with E-state index in [0.717, 1.165) is 5.75 Å². The fourth-order valence-corrected chi connectivity index (χ4v) is 4.16. The average Bonchev–Trinajstić information content (AvgIpc) is 2.58. The highest BCUT2D eigenvalue weighted by Crippen LogP contribution is 2.41. The van der Waals surface area contributed by atoms with Crippen LogP contribution in [-0.4, -0.2) is 0 Å². The van der Waals surface area contributed by atoms with Gasteiger partial charge in [-0.1, -0.05) is 20.8 Å². The summed E-state index contributed by atoms with van der Waals surface area (Å²) in [6.45, 7) is 6.92. The second-order valence-corrected chi connectivity index (χ2v) is 6.49. The molecule has 0 N–H and O–H groups in total. The molecule has 0 nitrogen and oxygen atoms in total. The zero-order valence-corrected chi connectivity index (χ0v) is 10.9. The summed E-state index contributed by atoms with van der Waals surface area (Å²) >= 11 is 6.51. The van der Waals surface area contributed by atoms with E-state index in [2.05, 4.69) is 33.4 Å². The van der Waals surface area contributed by atoms with Gasteiger partial charge in [-0.25, -0.2) is 0 Å². The zero-order valence-electron chi connectivity index (χ0n) is 9.18. The normalized spacial score (nSPS) is 16.0. The Morgan fingerprint density at radius 3 is 2.57 bits per heavy atom. The van der Waals surface area contributed by atoms with Gasteiger partial charge >= 0.3 is 0 Å². The van der Waals surface area contributed by atoms with Crippen molar-refractivity contribution < 1.29 is 0 Å². The van der Waals surface area contributed by atoms with Crippen LogP contribution < -0.4 is 0 Å². The van der Waals surface area contributed by atoms with E-state index in [0.29, 0.717) is 5.41 Å². The third-order valence-electron chi connectivity index (χ3n) is 2.87.